The quantitative estimate of drug-likeness (QED) is 0.528. The normalized spacial score (nSPS) is 23.1. The van der Waals surface area contributed by atoms with Crippen molar-refractivity contribution in [3.05, 3.63) is 65.0 Å². The zero-order valence-corrected chi connectivity index (χ0v) is 19.0. The number of nitrogens with zero attached hydrogens (tertiary/aromatic N) is 2. The molecule has 4 rings (SSSR count). The lowest BCUT2D eigenvalue weighted by Gasteiger charge is -2.26. The molecule has 14 heteroatoms. The highest BCUT2D eigenvalue weighted by Gasteiger charge is 2.50. The average molecular weight is 540 g/mol. The molecular weight excluding hydrogens is 525 g/mol. The highest BCUT2D eigenvalue weighted by Crippen LogP contribution is 2.44. The maximum atomic E-state index is 13.4. The van der Waals surface area contributed by atoms with Gasteiger partial charge in [0.15, 0.2) is 15.0 Å². The van der Waals surface area contributed by atoms with Crippen molar-refractivity contribution in [3.63, 3.8) is 0 Å². The van der Waals surface area contributed by atoms with Gasteiger partial charge in [0.05, 0.1) is 35.1 Å². The van der Waals surface area contributed by atoms with Gasteiger partial charge in [-0.2, -0.15) is 31.3 Å². The lowest BCUT2D eigenvalue weighted by molar-refractivity contribution is -0.143. The Morgan fingerprint density at radius 2 is 1.54 bits per heavy atom. The summed E-state index contributed by atoms with van der Waals surface area (Å²) in [6, 6.07) is 4.80. The molecule has 2 saturated heterocycles. The molecule has 2 aliphatic heterocycles. The number of carbonyl (C=O) groups excluding carboxylic acids is 1. The number of rotatable bonds is 3. The first kappa shape index (κ1) is 25.5. The maximum absolute atomic E-state index is 13.4. The molecule has 2 aromatic carbocycles. The van der Waals surface area contributed by atoms with E-state index in [1.54, 1.807) is 0 Å². The molecule has 0 radical (unpaired) electrons. The van der Waals surface area contributed by atoms with Gasteiger partial charge in [0.1, 0.15) is 5.82 Å². The summed E-state index contributed by atoms with van der Waals surface area (Å²) in [4.78, 5) is 17.4. The van der Waals surface area contributed by atoms with Gasteiger partial charge in [-0.15, -0.1) is 0 Å². The molecule has 188 valence electrons. The van der Waals surface area contributed by atoms with E-state index in [0.717, 1.165) is 28.8 Å². The third kappa shape index (κ3) is 5.63. The number of alkyl halides is 6. The summed E-state index contributed by atoms with van der Waals surface area (Å²) in [5, 5.41) is -0.935. The van der Waals surface area contributed by atoms with Crippen molar-refractivity contribution < 1.29 is 43.9 Å². The minimum Gasteiger partial charge on any atom is -0.316 e. The molecule has 5 nitrogen and oxygen atoms in total. The zero-order valence-electron chi connectivity index (χ0n) is 17.4. The first-order valence-electron chi connectivity index (χ1n) is 9.94. The standard InChI is InChI=1S/C21H15F7N2O3S2/c22-14-3-1-11(2-4-14)5-18(31)29-19-30(16-9-35(32,33)10-17(16)34-19)15-7-12(20(23,24)25)6-13(8-15)21(26,27)28/h1-4,6-8,16-17H,5,9-10H2. The number of carbonyl (C=O) groups is 1. The topological polar surface area (TPSA) is 66.8 Å². The van der Waals surface area contributed by atoms with Crippen LogP contribution in [0, 0.1) is 5.82 Å². The van der Waals surface area contributed by atoms with Crippen LogP contribution in [0.5, 0.6) is 0 Å². The molecule has 2 atom stereocenters. The van der Waals surface area contributed by atoms with Crippen LogP contribution in [0.4, 0.5) is 36.4 Å². The highest BCUT2D eigenvalue weighted by molar-refractivity contribution is 8.16. The number of amidine groups is 1. The third-order valence-corrected chi connectivity index (χ3v) is 8.62. The lowest BCUT2D eigenvalue weighted by Crippen LogP contribution is -2.38. The fraction of sp³-hybridized carbons (Fsp3) is 0.333. The summed E-state index contributed by atoms with van der Waals surface area (Å²) in [5.41, 5.74) is -3.34. The second kappa shape index (κ2) is 8.80. The van der Waals surface area contributed by atoms with Crippen LogP contribution in [0.1, 0.15) is 16.7 Å². The molecule has 2 unspecified atom stereocenters. The summed E-state index contributed by atoms with van der Waals surface area (Å²) < 4.78 is 118. The summed E-state index contributed by atoms with van der Waals surface area (Å²) in [6.07, 6.45) is -10.5. The van der Waals surface area contributed by atoms with E-state index < -0.39 is 67.8 Å². The highest BCUT2D eigenvalue weighted by atomic mass is 32.2. The fourth-order valence-corrected chi connectivity index (χ4v) is 7.80. The number of benzene rings is 2. The van der Waals surface area contributed by atoms with E-state index in [2.05, 4.69) is 4.99 Å². The number of thioether (sulfide) groups is 1. The van der Waals surface area contributed by atoms with Crippen molar-refractivity contribution in [2.45, 2.75) is 30.1 Å². The van der Waals surface area contributed by atoms with Crippen LogP contribution in [0.3, 0.4) is 0 Å². The van der Waals surface area contributed by atoms with Crippen LogP contribution in [0.2, 0.25) is 0 Å². The number of fused-ring (bicyclic) bond motifs is 1. The van der Waals surface area contributed by atoms with E-state index in [4.69, 9.17) is 0 Å². The Hall–Kier alpha value is -2.61. The number of aliphatic imine (C=N–C) groups is 1. The van der Waals surface area contributed by atoms with Gasteiger partial charge in [-0.3, -0.25) is 4.79 Å². The summed E-state index contributed by atoms with van der Waals surface area (Å²) in [5.74, 6) is -2.21. The Labute approximate surface area is 198 Å². The first-order valence-corrected chi connectivity index (χ1v) is 12.6. The molecule has 0 saturated carbocycles. The van der Waals surface area contributed by atoms with E-state index in [-0.39, 0.29) is 23.4 Å². The zero-order chi connectivity index (χ0) is 25.8. The van der Waals surface area contributed by atoms with E-state index >= 15 is 0 Å². The SMILES string of the molecule is O=C(Cc1ccc(F)cc1)N=C1SC2CS(=O)(=O)CC2N1c1cc(C(F)(F)F)cc(C(F)(F)F)c1. The molecule has 1 amide bonds. The van der Waals surface area contributed by atoms with Gasteiger partial charge >= 0.3 is 12.4 Å². The molecule has 2 aliphatic rings. The van der Waals surface area contributed by atoms with Crippen molar-refractivity contribution >= 4 is 38.4 Å². The van der Waals surface area contributed by atoms with Crippen LogP contribution < -0.4 is 4.90 Å². The second-order valence-corrected chi connectivity index (χ2v) is 11.4. The monoisotopic (exact) mass is 540 g/mol. The number of anilines is 1. The molecule has 0 N–H and O–H groups in total. The van der Waals surface area contributed by atoms with Crippen LogP contribution in [0.15, 0.2) is 47.5 Å². The Bertz CT molecular complexity index is 1260. The molecule has 0 aromatic heterocycles. The van der Waals surface area contributed by atoms with Crippen LogP contribution in [-0.2, 0) is 33.4 Å². The predicted octanol–water partition coefficient (Wildman–Crippen LogP) is 4.71. The van der Waals surface area contributed by atoms with Crippen molar-refractivity contribution in [1.29, 1.82) is 0 Å². The summed E-state index contributed by atoms with van der Waals surface area (Å²) in [6.45, 7) is 0. The van der Waals surface area contributed by atoms with Gasteiger partial charge in [-0.1, -0.05) is 23.9 Å². The summed E-state index contributed by atoms with van der Waals surface area (Å²) >= 11 is 0.808. The molecule has 0 aliphatic carbocycles. The van der Waals surface area contributed by atoms with Crippen molar-refractivity contribution in [2.75, 3.05) is 16.4 Å². The minimum absolute atomic E-state index is 0.0356. The van der Waals surface area contributed by atoms with Crippen molar-refractivity contribution in [2.24, 2.45) is 4.99 Å². The van der Waals surface area contributed by atoms with Gasteiger partial charge in [0, 0.05) is 10.9 Å². The third-order valence-electron chi connectivity index (χ3n) is 5.41. The van der Waals surface area contributed by atoms with Gasteiger partial charge in [0.25, 0.3) is 5.91 Å². The molecule has 2 fully saturated rings. The molecule has 0 spiro atoms. The number of halogens is 7. The molecule has 0 bridgehead atoms. The number of amides is 1. The van der Waals surface area contributed by atoms with Crippen LogP contribution >= 0.6 is 11.8 Å². The Kier molecular flexibility index (Phi) is 6.41. The Balaban J connectivity index is 1.77. The Morgan fingerprint density at radius 1 is 0.971 bits per heavy atom. The predicted molar refractivity (Wildman–Crippen MR) is 115 cm³/mol. The van der Waals surface area contributed by atoms with Crippen molar-refractivity contribution in [3.8, 4) is 0 Å². The van der Waals surface area contributed by atoms with Gasteiger partial charge in [-0.25, -0.2) is 12.8 Å². The lowest BCUT2D eigenvalue weighted by atomic mass is 10.1. The first-order chi connectivity index (χ1) is 16.1. The van der Waals surface area contributed by atoms with Crippen LogP contribution in [-0.4, -0.2) is 42.3 Å². The van der Waals surface area contributed by atoms with Gasteiger partial charge < -0.3 is 4.90 Å². The van der Waals surface area contributed by atoms with Gasteiger partial charge in [0.2, 0.25) is 0 Å². The number of hydrogen-bond acceptors (Lipinski definition) is 4. The molecule has 2 aromatic rings. The van der Waals surface area contributed by atoms with E-state index in [1.807, 2.05) is 0 Å². The average Bonchev–Trinajstić information content (AvgIpc) is 3.18. The molecular formula is C21H15F7N2O3S2. The number of hydrogen-bond donors (Lipinski definition) is 0. The molecule has 35 heavy (non-hydrogen) atoms. The fourth-order valence-electron chi connectivity index (χ4n) is 3.87. The van der Waals surface area contributed by atoms with Crippen molar-refractivity contribution in [1.82, 2.24) is 0 Å². The minimum atomic E-state index is -5.11. The second-order valence-electron chi connectivity index (χ2n) is 8.03. The molecule has 2 heterocycles. The van der Waals surface area contributed by atoms with E-state index in [9.17, 15) is 43.9 Å². The number of sulfone groups is 1. The smallest absolute Gasteiger partial charge is 0.316 e. The summed E-state index contributed by atoms with van der Waals surface area (Å²) in [7, 11) is -3.61. The Morgan fingerprint density at radius 3 is 2.09 bits per heavy atom. The van der Waals surface area contributed by atoms with Gasteiger partial charge in [-0.05, 0) is 35.9 Å². The van der Waals surface area contributed by atoms with E-state index in [0.29, 0.717) is 17.7 Å². The van der Waals surface area contributed by atoms with E-state index in [1.165, 1.54) is 12.1 Å². The van der Waals surface area contributed by atoms with Crippen LogP contribution in [0.25, 0.3) is 0 Å². The largest absolute Gasteiger partial charge is 0.416 e. The maximum Gasteiger partial charge on any atom is 0.416 e.